The highest BCUT2D eigenvalue weighted by molar-refractivity contribution is 7.18. The predicted octanol–water partition coefficient (Wildman–Crippen LogP) is 19.5. The van der Waals surface area contributed by atoms with Crippen LogP contribution < -0.4 is 31.7 Å². The number of rotatable bonds is 2. The van der Waals surface area contributed by atoms with Crippen molar-refractivity contribution >= 4 is 199 Å². The molecule has 0 aliphatic carbocycles. The van der Waals surface area contributed by atoms with Crippen LogP contribution in [0.2, 0.25) is 0 Å². The summed E-state index contributed by atoms with van der Waals surface area (Å²) >= 11 is 3.70. The van der Waals surface area contributed by atoms with E-state index in [9.17, 15) is 0 Å². The van der Waals surface area contributed by atoms with E-state index >= 15 is 0 Å². The van der Waals surface area contributed by atoms with Gasteiger partial charge in [0.1, 0.15) is 0 Å². The van der Waals surface area contributed by atoms with Crippen molar-refractivity contribution in [2.45, 2.75) is 0 Å². The van der Waals surface area contributed by atoms with E-state index in [2.05, 4.69) is 296 Å². The summed E-state index contributed by atoms with van der Waals surface area (Å²) in [7, 11) is 0. The monoisotopic (exact) mass is 1150 g/mol. The fraction of sp³-hybridized carbons (Fsp3) is 0. The number of fused-ring (bicyclic) bond motifs is 24. The molecule has 0 spiro atoms. The largest absolute Gasteiger partial charge is 0.375 e. The van der Waals surface area contributed by atoms with Crippen molar-refractivity contribution < 1.29 is 0 Å². The van der Waals surface area contributed by atoms with Crippen LogP contribution in [-0.4, -0.2) is 22.7 Å². The van der Waals surface area contributed by atoms with Crippen LogP contribution in [0.1, 0.15) is 0 Å². The molecule has 0 fully saturated rings. The summed E-state index contributed by atoms with van der Waals surface area (Å²) in [5, 5.41) is 22.6. The van der Waals surface area contributed by atoms with Gasteiger partial charge in [-0.1, -0.05) is 194 Å². The van der Waals surface area contributed by atoms with Gasteiger partial charge in [-0.2, -0.15) is 0 Å². The van der Waals surface area contributed by atoms with Gasteiger partial charge >= 0.3 is 13.7 Å². The van der Waals surface area contributed by atoms with E-state index < -0.39 is 0 Å². The second-order valence-electron chi connectivity index (χ2n) is 24.2. The highest BCUT2D eigenvalue weighted by Gasteiger charge is 2.47. The fourth-order valence-corrected chi connectivity index (χ4v) is 18.3. The van der Waals surface area contributed by atoms with Crippen molar-refractivity contribution in [3.63, 3.8) is 0 Å². The van der Waals surface area contributed by atoms with Gasteiger partial charge in [-0.3, -0.25) is 0 Å². The molecule has 0 N–H and O–H groups in total. The molecule has 0 amide bonds. The molecule has 8 heteroatoms. The van der Waals surface area contributed by atoms with Gasteiger partial charge in [-0.05, 0) is 165 Å². The summed E-state index contributed by atoms with van der Waals surface area (Å²) in [6.45, 7) is 0.0843. The molecular weight excluding hydrogens is 1100 g/mol. The minimum absolute atomic E-state index is 0.0411. The molecule has 4 aliphatic heterocycles. The Morgan fingerprint density at radius 2 is 0.727 bits per heavy atom. The van der Waals surface area contributed by atoms with Crippen LogP contribution in [0.15, 0.2) is 278 Å². The molecule has 0 atom stereocenters. The third-order valence-corrected chi connectivity index (χ3v) is 21.8. The van der Waals surface area contributed by atoms with Crippen LogP contribution in [0, 0.1) is 0 Å². The first-order valence-corrected chi connectivity index (χ1v) is 32.2. The van der Waals surface area contributed by atoms with E-state index in [-0.39, 0.29) is 13.7 Å². The lowest BCUT2D eigenvalue weighted by molar-refractivity contribution is 1.27. The number of para-hydroxylation sites is 4. The third kappa shape index (κ3) is 6.20. The van der Waals surface area contributed by atoms with Crippen LogP contribution in [0.25, 0.3) is 129 Å². The van der Waals surface area contributed by atoms with E-state index in [4.69, 9.17) is 0 Å². The second-order valence-corrected chi connectivity index (χ2v) is 26.1. The minimum Gasteiger partial charge on any atom is -0.375 e. The topological polar surface area (TPSA) is 16.3 Å². The van der Waals surface area contributed by atoms with Crippen molar-refractivity contribution in [3.05, 3.63) is 278 Å². The van der Waals surface area contributed by atoms with Gasteiger partial charge in [0.25, 0.3) is 0 Å². The van der Waals surface area contributed by atoms with Crippen molar-refractivity contribution in [3.8, 4) is 22.3 Å². The number of thiophene rings is 2. The van der Waals surface area contributed by atoms with Gasteiger partial charge in [0.15, 0.2) is 0 Å². The van der Waals surface area contributed by atoms with Crippen LogP contribution in [-0.2, 0) is 0 Å². The van der Waals surface area contributed by atoms with E-state index in [0.717, 1.165) is 0 Å². The zero-order valence-electron chi connectivity index (χ0n) is 47.3. The summed E-state index contributed by atoms with van der Waals surface area (Å²) < 4.78 is 7.99. The van der Waals surface area contributed by atoms with Gasteiger partial charge in [0.05, 0.1) is 16.1 Å². The number of benzene rings is 14. The Balaban J connectivity index is 0.000000120. The first-order chi connectivity index (χ1) is 43.7. The van der Waals surface area contributed by atoms with Crippen molar-refractivity contribution in [2.24, 2.45) is 0 Å². The van der Waals surface area contributed by atoms with Crippen LogP contribution >= 0.6 is 22.7 Å². The molecule has 4 aromatic heterocycles. The maximum absolute atomic E-state index is 2.66. The molecule has 88 heavy (non-hydrogen) atoms. The average molecular weight is 1150 g/mol. The number of hydrogen-bond acceptors (Lipinski definition) is 4. The molecule has 0 bridgehead atoms. The lowest BCUT2D eigenvalue weighted by Crippen LogP contribution is -2.57. The molecule has 0 saturated carbocycles. The summed E-state index contributed by atoms with van der Waals surface area (Å²) in [6, 6.07) is 99.8. The van der Waals surface area contributed by atoms with Crippen LogP contribution in [0.4, 0.5) is 34.1 Å². The van der Waals surface area contributed by atoms with Gasteiger partial charge in [0, 0.05) is 87.6 Å². The predicted molar refractivity (Wildman–Crippen MR) is 381 cm³/mol. The number of hydrogen-bond donors (Lipinski definition) is 0. The van der Waals surface area contributed by atoms with Crippen molar-refractivity contribution in [1.29, 1.82) is 0 Å². The van der Waals surface area contributed by atoms with Gasteiger partial charge in [-0.15, -0.1) is 22.7 Å². The smallest absolute Gasteiger partial charge is 0.333 e. The lowest BCUT2D eigenvalue weighted by Gasteiger charge is -2.41. The Bertz CT molecular complexity index is 5770. The zero-order valence-corrected chi connectivity index (χ0v) is 49.0. The standard InChI is InChI=1S/2C40H23BN2S/c1-2-10-26-22-28(18-16-24(26)8-1)42-35-19-17-25-9-3-4-11-29(25)36(35)41-37-33(23-27-20-21-44-40(27)39(37)42)32-14-7-13-31-30-12-5-6-15-34(30)43(41)38(31)32;1-2-10-26-22-27(18-16-24(26)8-1)42-35-19-17-25-9-3-4-11-28(25)37(35)41-38-33(23-36-32(40(38)42)20-21-44-36)31-14-7-13-30-29-12-5-6-15-34(29)43(41)39(30)31/h2*1-23H. The number of anilines is 6. The average Bonchev–Trinajstić information content (AvgIpc) is 1.41. The second kappa shape index (κ2) is 17.5. The highest BCUT2D eigenvalue weighted by Crippen LogP contribution is 2.52. The first kappa shape index (κ1) is 47.6. The Morgan fingerprint density at radius 1 is 0.273 bits per heavy atom. The molecule has 18 aromatic rings. The maximum atomic E-state index is 2.66. The van der Waals surface area contributed by atoms with E-state index in [1.807, 2.05) is 22.7 Å². The molecule has 22 rings (SSSR count). The van der Waals surface area contributed by atoms with E-state index in [1.165, 1.54) is 185 Å². The molecule has 8 heterocycles. The quantitative estimate of drug-likeness (QED) is 0.160. The fourth-order valence-electron chi connectivity index (χ4n) is 16.5. The number of nitrogens with zero attached hydrogens (tertiary/aromatic N) is 4. The van der Waals surface area contributed by atoms with Gasteiger partial charge < -0.3 is 18.8 Å². The molecular formula is C80H46B2N4S2. The Kier molecular flexibility index (Phi) is 9.47. The van der Waals surface area contributed by atoms with Gasteiger partial charge in [-0.25, -0.2) is 0 Å². The molecule has 0 unspecified atom stereocenters. The Morgan fingerprint density at radius 3 is 1.31 bits per heavy atom. The van der Waals surface area contributed by atoms with Crippen LogP contribution in [0.5, 0.6) is 0 Å². The molecule has 4 nitrogen and oxygen atoms in total. The maximum Gasteiger partial charge on any atom is 0.333 e. The molecule has 0 radical (unpaired) electrons. The SMILES string of the molecule is c1ccc2cc(N3c4ccc5ccccc5c4B4c5c(cc6ccsc6c53)-c3cccc5c6ccccc6n4c35)ccc2c1.c1ccc2cc(N3c4ccc5ccccc5c4B4c5c(cc6sccc6c53)-c3cccc5c6ccccc6n4c35)ccc2c1. The molecule has 14 aromatic carbocycles. The van der Waals surface area contributed by atoms with E-state index in [0.29, 0.717) is 0 Å². The molecule has 0 saturated heterocycles. The van der Waals surface area contributed by atoms with Crippen molar-refractivity contribution in [1.82, 2.24) is 8.96 Å². The highest BCUT2D eigenvalue weighted by atomic mass is 32.1. The van der Waals surface area contributed by atoms with Gasteiger partial charge in [0.2, 0.25) is 0 Å². The van der Waals surface area contributed by atoms with Crippen molar-refractivity contribution in [2.75, 3.05) is 9.80 Å². The lowest BCUT2D eigenvalue weighted by atomic mass is 9.44. The zero-order chi connectivity index (χ0) is 57.0. The normalized spacial score (nSPS) is 13.4. The summed E-state index contributed by atoms with van der Waals surface area (Å²) in [5.74, 6) is 0. The Labute approximate surface area is 514 Å². The molecule has 4 aliphatic rings. The number of aromatic nitrogens is 2. The first-order valence-electron chi connectivity index (χ1n) is 30.4. The summed E-state index contributed by atoms with van der Waals surface area (Å²) in [6.07, 6.45) is 0. The minimum atomic E-state index is 0.0411. The molecule has 404 valence electrons. The Hall–Kier alpha value is -10.6. The van der Waals surface area contributed by atoms with Crippen LogP contribution in [0.3, 0.4) is 0 Å². The summed E-state index contributed by atoms with van der Waals surface area (Å²) in [5.41, 5.74) is 23.7. The summed E-state index contributed by atoms with van der Waals surface area (Å²) in [4.78, 5) is 5.13. The third-order valence-electron chi connectivity index (χ3n) is 20.0. The van der Waals surface area contributed by atoms with E-state index in [1.54, 1.807) is 0 Å².